The van der Waals surface area contributed by atoms with E-state index in [4.69, 9.17) is 10.00 Å². The summed E-state index contributed by atoms with van der Waals surface area (Å²) in [5.41, 5.74) is 0.797. The number of fused-ring (bicyclic) bond motifs is 1. The number of nitriles is 1. The Labute approximate surface area is 150 Å². The predicted molar refractivity (Wildman–Crippen MR) is 91.9 cm³/mol. The number of carbonyl (C=O) groups is 1. The highest BCUT2D eigenvalue weighted by atomic mass is 32.1. The number of ether oxygens (including phenoxy) is 1. The largest absolute Gasteiger partial charge is 0.445 e. The van der Waals surface area contributed by atoms with Crippen molar-refractivity contribution in [3.05, 3.63) is 58.9 Å². The molecule has 0 N–H and O–H groups in total. The van der Waals surface area contributed by atoms with Crippen LogP contribution >= 0.6 is 11.3 Å². The topological polar surface area (TPSA) is 55.0 Å². The fraction of sp³-hybridized carbons (Fsp3) is 0.111. The van der Waals surface area contributed by atoms with E-state index in [1.807, 2.05) is 6.07 Å². The fourth-order valence-electron chi connectivity index (χ4n) is 2.61. The minimum atomic E-state index is -4.52. The monoisotopic (exact) mass is 376 g/mol. The Hall–Kier alpha value is -3.05. The van der Waals surface area contributed by atoms with Gasteiger partial charge in [0, 0.05) is 22.7 Å². The molecule has 0 spiro atoms. The lowest BCUT2D eigenvalue weighted by atomic mass is 10.0. The van der Waals surface area contributed by atoms with Crippen molar-refractivity contribution >= 4 is 28.3 Å². The van der Waals surface area contributed by atoms with Crippen LogP contribution in [0.5, 0.6) is 0 Å². The smallest absolute Gasteiger partial charge is 0.426 e. The molecule has 0 aliphatic carbocycles. The van der Waals surface area contributed by atoms with Crippen molar-refractivity contribution in [2.75, 3.05) is 6.61 Å². The van der Waals surface area contributed by atoms with Gasteiger partial charge in [-0.3, -0.25) is 4.57 Å². The molecule has 26 heavy (non-hydrogen) atoms. The molecule has 0 fully saturated rings. The van der Waals surface area contributed by atoms with E-state index in [1.54, 1.807) is 0 Å². The molecular formula is C18H11F3N2O2S. The average molecular weight is 376 g/mol. The minimum Gasteiger partial charge on any atom is -0.445 e. The van der Waals surface area contributed by atoms with Crippen LogP contribution < -0.4 is 0 Å². The van der Waals surface area contributed by atoms with Crippen molar-refractivity contribution in [2.24, 2.45) is 0 Å². The first-order valence-electron chi connectivity index (χ1n) is 7.35. The Kier molecular flexibility index (Phi) is 4.57. The lowest BCUT2D eigenvalue weighted by Crippen LogP contribution is -2.12. The molecule has 132 valence electrons. The highest BCUT2D eigenvalue weighted by molar-refractivity contribution is 7.10. The zero-order chi connectivity index (χ0) is 18.9. The molecule has 4 nitrogen and oxygen atoms in total. The van der Waals surface area contributed by atoms with Crippen LogP contribution in [0.4, 0.5) is 18.0 Å². The third-order valence-electron chi connectivity index (χ3n) is 3.67. The van der Waals surface area contributed by atoms with Gasteiger partial charge in [0.1, 0.15) is 11.5 Å². The van der Waals surface area contributed by atoms with Crippen LogP contribution in [0.15, 0.2) is 48.5 Å². The highest BCUT2D eigenvalue weighted by Crippen LogP contribution is 2.43. The molecule has 0 aliphatic rings. The van der Waals surface area contributed by atoms with Crippen molar-refractivity contribution in [1.82, 2.24) is 4.57 Å². The van der Waals surface area contributed by atoms with Crippen molar-refractivity contribution in [3.63, 3.8) is 0 Å². The number of halogens is 3. The first-order chi connectivity index (χ1) is 12.4. The zero-order valence-electron chi connectivity index (χ0n) is 13.2. The number of hydrogen-bond acceptors (Lipinski definition) is 4. The standard InChI is InChI=1S/C18H11F3N2O2S/c1-2-6-25-17(24)23-10-14(12-5-7-26-16(12)18(19,20)21)13-8-11(9-22)3-4-15(13)23/h2-5,7-8,10H,1,6H2. The summed E-state index contributed by atoms with van der Waals surface area (Å²) in [4.78, 5) is 11.5. The molecule has 1 aromatic carbocycles. The van der Waals surface area contributed by atoms with Crippen LogP contribution in [0.2, 0.25) is 0 Å². The molecule has 3 aromatic rings. The van der Waals surface area contributed by atoms with E-state index in [0.29, 0.717) is 22.2 Å². The van der Waals surface area contributed by atoms with Crippen molar-refractivity contribution in [1.29, 1.82) is 5.26 Å². The highest BCUT2D eigenvalue weighted by Gasteiger charge is 2.36. The zero-order valence-corrected chi connectivity index (χ0v) is 14.0. The van der Waals surface area contributed by atoms with Crippen LogP contribution in [0.3, 0.4) is 0 Å². The summed E-state index contributed by atoms with van der Waals surface area (Å²) in [5, 5.41) is 10.8. The molecule has 0 amide bonds. The second kappa shape index (κ2) is 6.69. The number of aromatic nitrogens is 1. The number of nitrogens with zero attached hydrogens (tertiary/aromatic N) is 2. The summed E-state index contributed by atoms with van der Waals surface area (Å²) >= 11 is 0.573. The molecule has 0 saturated heterocycles. The number of carbonyl (C=O) groups excluding carboxylic acids is 1. The van der Waals surface area contributed by atoms with Gasteiger partial charge in [-0.25, -0.2) is 4.79 Å². The third-order valence-corrected chi connectivity index (χ3v) is 4.63. The van der Waals surface area contributed by atoms with Crippen LogP contribution in [0.25, 0.3) is 22.0 Å². The molecule has 2 heterocycles. The van der Waals surface area contributed by atoms with Crippen LogP contribution in [0.1, 0.15) is 10.4 Å². The third kappa shape index (κ3) is 3.09. The van der Waals surface area contributed by atoms with Gasteiger partial charge >= 0.3 is 12.3 Å². The van der Waals surface area contributed by atoms with E-state index in [2.05, 4.69) is 6.58 Å². The molecule has 0 aliphatic heterocycles. The SMILES string of the molecule is C=CCOC(=O)n1cc(-c2ccsc2C(F)(F)F)c2cc(C#N)ccc21. The van der Waals surface area contributed by atoms with Gasteiger partial charge in [-0.2, -0.15) is 18.4 Å². The average Bonchev–Trinajstić information content (AvgIpc) is 3.23. The van der Waals surface area contributed by atoms with Gasteiger partial charge in [-0.15, -0.1) is 11.3 Å². The first kappa shape index (κ1) is 17.8. The van der Waals surface area contributed by atoms with Gasteiger partial charge in [0.05, 0.1) is 17.1 Å². The van der Waals surface area contributed by atoms with Gasteiger partial charge in [0.15, 0.2) is 0 Å². The number of thiophene rings is 1. The maximum atomic E-state index is 13.3. The molecule has 0 saturated carbocycles. The van der Waals surface area contributed by atoms with Gasteiger partial charge in [-0.1, -0.05) is 12.7 Å². The summed E-state index contributed by atoms with van der Waals surface area (Å²) in [5.74, 6) is 0. The second-order valence-corrected chi connectivity index (χ2v) is 6.20. The maximum absolute atomic E-state index is 13.3. The van der Waals surface area contributed by atoms with E-state index in [-0.39, 0.29) is 23.3 Å². The van der Waals surface area contributed by atoms with Gasteiger partial charge in [-0.05, 0) is 29.6 Å². The molecule has 0 unspecified atom stereocenters. The minimum absolute atomic E-state index is 0.0314. The maximum Gasteiger partial charge on any atom is 0.426 e. The Morgan fingerprint density at radius 2 is 2.12 bits per heavy atom. The Morgan fingerprint density at radius 3 is 2.77 bits per heavy atom. The number of hydrogen-bond donors (Lipinski definition) is 0. The first-order valence-corrected chi connectivity index (χ1v) is 8.23. The quantitative estimate of drug-likeness (QED) is 0.573. The molecule has 0 bridgehead atoms. The summed E-state index contributed by atoms with van der Waals surface area (Å²) < 4.78 is 46.0. The van der Waals surface area contributed by atoms with Gasteiger partial charge in [0.2, 0.25) is 0 Å². The Bertz CT molecular complexity index is 1040. The van der Waals surface area contributed by atoms with Crippen LogP contribution in [0, 0.1) is 11.3 Å². The van der Waals surface area contributed by atoms with E-state index < -0.39 is 17.1 Å². The second-order valence-electron chi connectivity index (χ2n) is 5.28. The number of benzene rings is 1. The molecular weight excluding hydrogens is 365 g/mol. The number of rotatable bonds is 3. The summed E-state index contributed by atoms with van der Waals surface area (Å²) in [6, 6.07) is 7.75. The predicted octanol–water partition coefficient (Wildman–Crippen LogP) is 5.43. The molecule has 0 radical (unpaired) electrons. The van der Waals surface area contributed by atoms with E-state index in [9.17, 15) is 18.0 Å². The number of alkyl halides is 3. The van der Waals surface area contributed by atoms with E-state index in [1.165, 1.54) is 41.9 Å². The van der Waals surface area contributed by atoms with Gasteiger partial charge in [0.25, 0.3) is 0 Å². The lowest BCUT2D eigenvalue weighted by Gasteiger charge is -2.06. The van der Waals surface area contributed by atoms with Crippen LogP contribution in [-0.4, -0.2) is 17.3 Å². The van der Waals surface area contributed by atoms with Crippen LogP contribution in [-0.2, 0) is 10.9 Å². The fourth-order valence-corrected chi connectivity index (χ4v) is 3.38. The Morgan fingerprint density at radius 1 is 1.35 bits per heavy atom. The normalized spacial score (nSPS) is 11.3. The summed E-state index contributed by atoms with van der Waals surface area (Å²) in [7, 11) is 0. The molecule has 2 aromatic heterocycles. The molecule has 8 heteroatoms. The van der Waals surface area contributed by atoms with Gasteiger partial charge < -0.3 is 4.74 Å². The van der Waals surface area contributed by atoms with Crippen molar-refractivity contribution in [3.8, 4) is 17.2 Å². The summed E-state index contributed by atoms with van der Waals surface area (Å²) in [6.07, 6.45) is -2.57. The van der Waals surface area contributed by atoms with E-state index in [0.717, 1.165) is 4.57 Å². The Balaban J connectivity index is 2.26. The van der Waals surface area contributed by atoms with E-state index >= 15 is 0 Å². The van der Waals surface area contributed by atoms with Crippen molar-refractivity contribution in [2.45, 2.75) is 6.18 Å². The summed E-state index contributed by atoms with van der Waals surface area (Å²) in [6.45, 7) is 3.42. The lowest BCUT2D eigenvalue weighted by molar-refractivity contribution is -0.133. The van der Waals surface area contributed by atoms with Crippen molar-refractivity contribution < 1.29 is 22.7 Å². The molecule has 0 atom stereocenters. The molecule has 3 rings (SSSR count).